The minimum atomic E-state index is -2.64. The average molecular weight is 378 g/mol. The van der Waals surface area contributed by atoms with Gasteiger partial charge in [-0.25, -0.2) is 13.2 Å². The minimum Gasteiger partial charge on any atom is -0.399 e. The Morgan fingerprint density at radius 1 is 1.05 bits per heavy atom. The second-order valence-corrected chi connectivity index (χ2v) is 5.06. The fraction of sp³-hybridized carbons (Fsp3) is 0.0769. The lowest BCUT2D eigenvalue weighted by molar-refractivity contribution is 0.152. The van der Waals surface area contributed by atoms with Crippen LogP contribution in [0, 0.1) is 9.39 Å². The quantitative estimate of drug-likeness (QED) is 0.601. The maximum atomic E-state index is 13.0. The van der Waals surface area contributed by atoms with Crippen molar-refractivity contribution in [3.8, 4) is 0 Å². The number of anilines is 3. The summed E-state index contributed by atoms with van der Waals surface area (Å²) in [5.74, 6) is -0.374. The van der Waals surface area contributed by atoms with E-state index in [1.165, 1.54) is 36.4 Å². The molecular formula is C13H10F3IN2. The van der Waals surface area contributed by atoms with Gasteiger partial charge in [-0.05, 0) is 59.0 Å². The van der Waals surface area contributed by atoms with Crippen molar-refractivity contribution < 1.29 is 13.2 Å². The van der Waals surface area contributed by atoms with Crippen LogP contribution in [0.5, 0.6) is 0 Å². The molecule has 0 aliphatic rings. The molecule has 2 rings (SSSR count). The number of alkyl halides is 2. The van der Waals surface area contributed by atoms with Gasteiger partial charge in [0.05, 0.1) is 5.69 Å². The first kappa shape index (κ1) is 14.0. The second-order valence-electron chi connectivity index (χ2n) is 3.90. The average Bonchev–Trinajstić information content (AvgIpc) is 2.34. The molecule has 2 aromatic rings. The molecule has 0 unspecified atom stereocenters. The van der Waals surface area contributed by atoms with Crippen LogP contribution in [0.4, 0.5) is 30.2 Å². The van der Waals surface area contributed by atoms with Crippen molar-refractivity contribution in [1.82, 2.24) is 0 Å². The van der Waals surface area contributed by atoms with Crippen molar-refractivity contribution in [2.75, 3.05) is 11.1 Å². The Labute approximate surface area is 122 Å². The number of rotatable bonds is 3. The highest BCUT2D eigenvalue weighted by atomic mass is 127. The number of nitrogen functional groups attached to an aromatic ring is 1. The second kappa shape index (κ2) is 5.68. The van der Waals surface area contributed by atoms with E-state index >= 15 is 0 Å². The van der Waals surface area contributed by atoms with E-state index < -0.39 is 6.43 Å². The molecular weight excluding hydrogens is 368 g/mol. The predicted octanol–water partition coefficient (Wildman–Crippen LogP) is 4.69. The fourth-order valence-corrected chi connectivity index (χ4v) is 2.22. The molecule has 6 heteroatoms. The molecule has 3 N–H and O–H groups in total. The van der Waals surface area contributed by atoms with Crippen LogP contribution in [0.1, 0.15) is 12.0 Å². The standard InChI is InChI=1S/C13H10F3IN2/c14-7-1-3-12(10(17)5-7)19-11-4-2-8(18)6-9(11)13(15)16/h1-6,13,19H,18H2. The zero-order valence-corrected chi connectivity index (χ0v) is 11.8. The monoisotopic (exact) mass is 378 g/mol. The summed E-state index contributed by atoms with van der Waals surface area (Å²) >= 11 is 1.93. The van der Waals surface area contributed by atoms with E-state index in [-0.39, 0.29) is 22.8 Å². The zero-order chi connectivity index (χ0) is 14.0. The number of hydrogen-bond acceptors (Lipinski definition) is 2. The van der Waals surface area contributed by atoms with Crippen molar-refractivity contribution in [2.45, 2.75) is 6.43 Å². The van der Waals surface area contributed by atoms with Gasteiger partial charge in [0.15, 0.2) is 0 Å². The lowest BCUT2D eigenvalue weighted by Gasteiger charge is -2.13. The molecule has 0 bridgehead atoms. The van der Waals surface area contributed by atoms with Crippen molar-refractivity contribution >= 4 is 39.7 Å². The molecule has 0 heterocycles. The van der Waals surface area contributed by atoms with Gasteiger partial charge in [0.2, 0.25) is 0 Å². The van der Waals surface area contributed by atoms with Gasteiger partial charge in [0.1, 0.15) is 5.82 Å². The smallest absolute Gasteiger partial charge is 0.265 e. The molecule has 0 saturated heterocycles. The summed E-state index contributed by atoms with van der Waals surface area (Å²) < 4.78 is 39.4. The highest BCUT2D eigenvalue weighted by Gasteiger charge is 2.14. The molecule has 2 aromatic carbocycles. The van der Waals surface area contributed by atoms with Gasteiger partial charge in [-0.3, -0.25) is 0 Å². The third kappa shape index (κ3) is 3.31. The molecule has 100 valence electrons. The van der Waals surface area contributed by atoms with Gasteiger partial charge in [-0.2, -0.15) is 0 Å². The molecule has 0 radical (unpaired) electrons. The fourth-order valence-electron chi connectivity index (χ4n) is 1.61. The summed E-state index contributed by atoms with van der Waals surface area (Å²) in [5.41, 5.74) is 6.41. The maximum absolute atomic E-state index is 13.0. The third-order valence-electron chi connectivity index (χ3n) is 2.51. The largest absolute Gasteiger partial charge is 0.399 e. The molecule has 19 heavy (non-hydrogen) atoms. The van der Waals surface area contributed by atoms with Crippen LogP contribution in [0.3, 0.4) is 0 Å². The number of halogens is 4. The summed E-state index contributed by atoms with van der Waals surface area (Å²) in [5, 5.41) is 2.87. The van der Waals surface area contributed by atoms with Crippen LogP contribution in [-0.2, 0) is 0 Å². The lowest BCUT2D eigenvalue weighted by Crippen LogP contribution is -2.00. The highest BCUT2D eigenvalue weighted by Crippen LogP contribution is 2.32. The normalized spacial score (nSPS) is 10.8. The molecule has 0 fully saturated rings. The van der Waals surface area contributed by atoms with E-state index in [1.807, 2.05) is 22.6 Å². The Balaban J connectivity index is 2.38. The topological polar surface area (TPSA) is 38.0 Å². The van der Waals surface area contributed by atoms with Crippen LogP contribution < -0.4 is 11.1 Å². The van der Waals surface area contributed by atoms with Crippen molar-refractivity contribution in [3.05, 3.63) is 51.3 Å². The zero-order valence-electron chi connectivity index (χ0n) is 9.63. The number of nitrogens with two attached hydrogens (primary N) is 1. The van der Waals surface area contributed by atoms with Crippen molar-refractivity contribution in [3.63, 3.8) is 0 Å². The molecule has 0 atom stereocenters. The van der Waals surface area contributed by atoms with E-state index in [4.69, 9.17) is 5.73 Å². The Morgan fingerprint density at radius 2 is 1.74 bits per heavy atom. The number of nitrogens with one attached hydrogen (secondary N) is 1. The van der Waals surface area contributed by atoms with E-state index in [2.05, 4.69) is 5.32 Å². The van der Waals surface area contributed by atoms with Crippen LogP contribution >= 0.6 is 22.6 Å². The molecule has 0 aromatic heterocycles. The molecule has 2 nitrogen and oxygen atoms in total. The Kier molecular flexibility index (Phi) is 4.18. The van der Waals surface area contributed by atoms with Crippen LogP contribution in [0.15, 0.2) is 36.4 Å². The first-order valence-electron chi connectivity index (χ1n) is 5.37. The highest BCUT2D eigenvalue weighted by molar-refractivity contribution is 14.1. The third-order valence-corrected chi connectivity index (χ3v) is 3.40. The summed E-state index contributed by atoms with van der Waals surface area (Å²) in [6.45, 7) is 0. The molecule has 0 amide bonds. The first-order valence-corrected chi connectivity index (χ1v) is 6.45. The Bertz CT molecular complexity index is 602. The van der Waals surface area contributed by atoms with Gasteiger partial charge in [0, 0.05) is 20.5 Å². The molecule has 0 aliphatic heterocycles. The van der Waals surface area contributed by atoms with Crippen molar-refractivity contribution in [2.24, 2.45) is 0 Å². The summed E-state index contributed by atoms with van der Waals surface area (Å²) in [7, 11) is 0. The van der Waals surface area contributed by atoms with Gasteiger partial charge >= 0.3 is 0 Å². The molecule has 0 saturated carbocycles. The molecule has 0 aliphatic carbocycles. The van der Waals surface area contributed by atoms with Crippen LogP contribution in [0.2, 0.25) is 0 Å². The van der Waals surface area contributed by atoms with Crippen LogP contribution in [-0.4, -0.2) is 0 Å². The van der Waals surface area contributed by atoms with Gasteiger partial charge in [-0.15, -0.1) is 0 Å². The minimum absolute atomic E-state index is 0.180. The van der Waals surface area contributed by atoms with E-state index in [0.717, 1.165) is 0 Å². The Hall–Kier alpha value is -1.44. The van der Waals surface area contributed by atoms with Gasteiger partial charge < -0.3 is 11.1 Å². The summed E-state index contributed by atoms with van der Waals surface area (Å²) in [6.07, 6.45) is -2.64. The number of benzene rings is 2. The van der Waals surface area contributed by atoms with Crippen molar-refractivity contribution in [1.29, 1.82) is 0 Å². The van der Waals surface area contributed by atoms with Crippen LogP contribution in [0.25, 0.3) is 0 Å². The Morgan fingerprint density at radius 3 is 2.37 bits per heavy atom. The molecule has 0 spiro atoms. The van der Waals surface area contributed by atoms with Gasteiger partial charge in [0.25, 0.3) is 6.43 Å². The SMILES string of the molecule is Nc1ccc(Nc2ccc(F)cc2I)c(C(F)F)c1. The first-order chi connectivity index (χ1) is 8.97. The van der Waals surface area contributed by atoms with E-state index in [0.29, 0.717) is 9.26 Å². The maximum Gasteiger partial charge on any atom is 0.265 e. The lowest BCUT2D eigenvalue weighted by atomic mass is 10.1. The van der Waals surface area contributed by atoms with E-state index in [1.54, 1.807) is 0 Å². The van der Waals surface area contributed by atoms with E-state index in [9.17, 15) is 13.2 Å². The van der Waals surface area contributed by atoms with Gasteiger partial charge in [-0.1, -0.05) is 0 Å². The number of hydrogen-bond donors (Lipinski definition) is 2. The summed E-state index contributed by atoms with van der Waals surface area (Å²) in [4.78, 5) is 0. The summed E-state index contributed by atoms with van der Waals surface area (Å²) in [6, 6.07) is 8.33. The predicted molar refractivity (Wildman–Crippen MR) is 78.2 cm³/mol.